The lowest BCUT2D eigenvalue weighted by atomic mass is 10.2. The fourth-order valence-electron chi connectivity index (χ4n) is 2.43. The van der Waals surface area contributed by atoms with Crippen molar-refractivity contribution in [3.63, 3.8) is 0 Å². The van der Waals surface area contributed by atoms with Crippen LogP contribution in [0.4, 0.5) is 4.79 Å². The van der Waals surface area contributed by atoms with Crippen LogP contribution in [-0.2, 0) is 18.3 Å². The molecule has 0 bridgehead atoms. The number of nitrogens with one attached hydrogen (secondary N) is 2. The number of ether oxygens (including phenoxy) is 1. The van der Waals surface area contributed by atoms with Gasteiger partial charge in [-0.3, -0.25) is 0 Å². The highest BCUT2D eigenvalue weighted by atomic mass is 16.6. The molecule has 0 spiro atoms. The summed E-state index contributed by atoms with van der Waals surface area (Å²) in [6.07, 6.45) is 1.55. The number of alkyl carbamates (subject to hydrolysis) is 1. The second kappa shape index (κ2) is 8.15. The molecular formula is C18H28N4O2. The zero-order valence-electron chi connectivity index (χ0n) is 15.1. The highest BCUT2D eigenvalue weighted by Crippen LogP contribution is 2.13. The quantitative estimate of drug-likeness (QED) is 0.765. The highest BCUT2D eigenvalue weighted by molar-refractivity contribution is 5.75. The van der Waals surface area contributed by atoms with Gasteiger partial charge in [-0.2, -0.15) is 0 Å². The number of hydrogen-bond donors (Lipinski definition) is 2. The van der Waals surface area contributed by atoms with Gasteiger partial charge in [-0.05, 0) is 52.3 Å². The number of hydrogen-bond acceptors (Lipinski definition) is 4. The smallest absolute Gasteiger partial charge is 0.407 e. The summed E-state index contributed by atoms with van der Waals surface area (Å²) in [6.45, 7) is 7.83. The molecule has 0 radical (unpaired) electrons. The summed E-state index contributed by atoms with van der Waals surface area (Å²) < 4.78 is 7.31. The van der Waals surface area contributed by atoms with Crippen molar-refractivity contribution in [2.45, 2.75) is 45.8 Å². The van der Waals surface area contributed by atoms with Crippen molar-refractivity contribution in [2.24, 2.45) is 7.05 Å². The van der Waals surface area contributed by atoms with Gasteiger partial charge in [0.2, 0.25) is 0 Å². The zero-order valence-corrected chi connectivity index (χ0v) is 15.1. The molecule has 0 aliphatic rings. The van der Waals surface area contributed by atoms with Gasteiger partial charge in [0.1, 0.15) is 11.4 Å². The van der Waals surface area contributed by atoms with Gasteiger partial charge in [0.15, 0.2) is 0 Å². The molecule has 0 saturated carbocycles. The molecule has 0 saturated heterocycles. The fourth-order valence-corrected chi connectivity index (χ4v) is 2.43. The topological polar surface area (TPSA) is 68.2 Å². The molecule has 0 unspecified atom stereocenters. The molecule has 1 aromatic carbocycles. The molecule has 6 heteroatoms. The molecule has 132 valence electrons. The van der Waals surface area contributed by atoms with Crippen LogP contribution in [0.2, 0.25) is 0 Å². The summed E-state index contributed by atoms with van der Waals surface area (Å²) in [4.78, 5) is 16.1. The Morgan fingerprint density at radius 3 is 2.62 bits per heavy atom. The van der Waals surface area contributed by atoms with Crippen LogP contribution in [0.3, 0.4) is 0 Å². The van der Waals surface area contributed by atoms with E-state index in [4.69, 9.17) is 4.74 Å². The van der Waals surface area contributed by atoms with E-state index in [2.05, 4.69) is 26.3 Å². The summed E-state index contributed by atoms with van der Waals surface area (Å²) in [5.41, 5.74) is 1.73. The van der Waals surface area contributed by atoms with Crippen LogP contribution in [0.15, 0.2) is 24.3 Å². The largest absolute Gasteiger partial charge is 0.444 e. The first kappa shape index (κ1) is 18.3. The fraction of sp³-hybridized carbons (Fsp3) is 0.556. The van der Waals surface area contributed by atoms with E-state index in [9.17, 15) is 4.79 Å². The molecule has 0 aliphatic heterocycles. The Labute approximate surface area is 143 Å². The number of amides is 1. The summed E-state index contributed by atoms with van der Waals surface area (Å²) in [5, 5.41) is 6.17. The number of carbonyl (C=O) groups is 1. The third-order valence-corrected chi connectivity index (χ3v) is 3.61. The predicted octanol–water partition coefficient (Wildman–Crippen LogP) is 2.97. The van der Waals surface area contributed by atoms with Crippen LogP contribution in [0.1, 0.15) is 39.4 Å². The minimum absolute atomic E-state index is 0.352. The summed E-state index contributed by atoms with van der Waals surface area (Å²) in [7, 11) is 2.04. The van der Waals surface area contributed by atoms with Gasteiger partial charge in [0.25, 0.3) is 0 Å². The van der Waals surface area contributed by atoms with E-state index in [0.717, 1.165) is 42.8 Å². The van der Waals surface area contributed by atoms with E-state index < -0.39 is 5.60 Å². The maximum atomic E-state index is 11.5. The van der Waals surface area contributed by atoms with E-state index in [1.54, 1.807) is 0 Å². The maximum Gasteiger partial charge on any atom is 0.407 e. The minimum Gasteiger partial charge on any atom is -0.444 e. The van der Waals surface area contributed by atoms with E-state index in [1.807, 2.05) is 46.0 Å². The molecule has 2 rings (SSSR count). The van der Waals surface area contributed by atoms with Gasteiger partial charge < -0.3 is 19.9 Å². The van der Waals surface area contributed by atoms with Crippen molar-refractivity contribution in [1.82, 2.24) is 20.2 Å². The Morgan fingerprint density at radius 2 is 1.92 bits per heavy atom. The predicted molar refractivity (Wildman–Crippen MR) is 95.9 cm³/mol. The third kappa shape index (κ3) is 5.53. The van der Waals surface area contributed by atoms with Crippen LogP contribution in [-0.4, -0.2) is 34.3 Å². The van der Waals surface area contributed by atoms with E-state index >= 15 is 0 Å². The molecule has 2 N–H and O–H groups in total. The SMILES string of the molecule is Cn1c(CNCCCCNC(=O)OC(C)(C)C)nc2ccccc21. The molecule has 1 amide bonds. The Kier molecular flexibility index (Phi) is 6.20. The Bertz CT molecular complexity index is 673. The van der Waals surface area contributed by atoms with Crippen molar-refractivity contribution in [2.75, 3.05) is 13.1 Å². The monoisotopic (exact) mass is 332 g/mol. The van der Waals surface area contributed by atoms with Gasteiger partial charge in [-0.1, -0.05) is 12.1 Å². The van der Waals surface area contributed by atoms with Crippen LogP contribution < -0.4 is 10.6 Å². The summed E-state index contributed by atoms with van der Waals surface area (Å²) in [5.74, 6) is 1.03. The van der Waals surface area contributed by atoms with E-state index in [-0.39, 0.29) is 6.09 Å². The Morgan fingerprint density at radius 1 is 1.21 bits per heavy atom. The van der Waals surface area contributed by atoms with Crippen LogP contribution in [0.25, 0.3) is 11.0 Å². The normalized spacial score (nSPS) is 11.7. The van der Waals surface area contributed by atoms with Gasteiger partial charge in [-0.25, -0.2) is 9.78 Å². The third-order valence-electron chi connectivity index (χ3n) is 3.61. The highest BCUT2D eigenvalue weighted by Gasteiger charge is 2.15. The first-order valence-corrected chi connectivity index (χ1v) is 8.45. The number of fused-ring (bicyclic) bond motifs is 1. The average Bonchev–Trinajstić information content (AvgIpc) is 2.81. The molecule has 2 aromatic rings. The lowest BCUT2D eigenvalue weighted by Gasteiger charge is -2.19. The van der Waals surface area contributed by atoms with Gasteiger partial charge in [0.05, 0.1) is 17.6 Å². The van der Waals surface area contributed by atoms with Gasteiger partial charge in [-0.15, -0.1) is 0 Å². The van der Waals surface area contributed by atoms with Crippen molar-refractivity contribution in [1.29, 1.82) is 0 Å². The molecular weight excluding hydrogens is 304 g/mol. The number of carbonyl (C=O) groups excluding carboxylic acids is 1. The molecule has 0 fully saturated rings. The molecule has 24 heavy (non-hydrogen) atoms. The standard InChI is InChI=1S/C18H28N4O2/c1-18(2,3)24-17(23)20-12-8-7-11-19-13-16-21-14-9-5-6-10-15(14)22(16)4/h5-6,9-10,19H,7-8,11-13H2,1-4H3,(H,20,23). The van der Waals surface area contributed by atoms with Crippen LogP contribution in [0, 0.1) is 0 Å². The average molecular weight is 332 g/mol. The summed E-state index contributed by atoms with van der Waals surface area (Å²) in [6, 6.07) is 8.14. The number of aryl methyl sites for hydroxylation is 1. The maximum absolute atomic E-state index is 11.5. The number of benzene rings is 1. The number of rotatable bonds is 7. The van der Waals surface area contributed by atoms with Crippen LogP contribution in [0.5, 0.6) is 0 Å². The Balaban J connectivity index is 1.61. The number of aromatic nitrogens is 2. The van der Waals surface area contributed by atoms with Crippen LogP contribution >= 0.6 is 0 Å². The number of unbranched alkanes of at least 4 members (excludes halogenated alkanes) is 1. The van der Waals surface area contributed by atoms with Crippen molar-refractivity contribution >= 4 is 17.1 Å². The van der Waals surface area contributed by atoms with E-state index in [1.165, 1.54) is 0 Å². The molecule has 1 aromatic heterocycles. The van der Waals surface area contributed by atoms with Gasteiger partial charge in [0, 0.05) is 13.6 Å². The molecule has 6 nitrogen and oxygen atoms in total. The number of imidazole rings is 1. The molecule has 0 atom stereocenters. The second-order valence-corrected chi connectivity index (χ2v) is 6.89. The van der Waals surface area contributed by atoms with Gasteiger partial charge >= 0.3 is 6.09 Å². The number of nitrogens with zero attached hydrogens (tertiary/aromatic N) is 2. The lowest BCUT2D eigenvalue weighted by molar-refractivity contribution is 0.0527. The Hall–Kier alpha value is -2.08. The first-order chi connectivity index (χ1) is 11.4. The second-order valence-electron chi connectivity index (χ2n) is 6.89. The van der Waals surface area contributed by atoms with Crippen molar-refractivity contribution < 1.29 is 9.53 Å². The summed E-state index contributed by atoms with van der Waals surface area (Å²) >= 11 is 0. The zero-order chi connectivity index (χ0) is 17.6. The van der Waals surface area contributed by atoms with Crippen molar-refractivity contribution in [3.8, 4) is 0 Å². The minimum atomic E-state index is -0.447. The van der Waals surface area contributed by atoms with Crippen molar-refractivity contribution in [3.05, 3.63) is 30.1 Å². The lowest BCUT2D eigenvalue weighted by Crippen LogP contribution is -2.33. The molecule has 0 aliphatic carbocycles. The van der Waals surface area contributed by atoms with E-state index in [0.29, 0.717) is 6.54 Å². The first-order valence-electron chi connectivity index (χ1n) is 8.45. The number of para-hydroxylation sites is 2. The molecule has 1 heterocycles.